The third kappa shape index (κ3) is 5.12. The summed E-state index contributed by atoms with van der Waals surface area (Å²) >= 11 is 5.25. The predicted molar refractivity (Wildman–Crippen MR) is 130 cm³/mol. The molecule has 2 N–H and O–H groups in total. The largest absolute Gasteiger partial charge is 0.484 e. The highest BCUT2D eigenvalue weighted by molar-refractivity contribution is 7.80. The normalized spacial score (nSPS) is 10.7. The van der Waals surface area contributed by atoms with Gasteiger partial charge in [0, 0.05) is 11.3 Å². The van der Waals surface area contributed by atoms with Crippen molar-refractivity contribution in [1.29, 1.82) is 0 Å². The molecule has 0 aliphatic carbocycles. The number of carbonyl (C=O) groups is 1. The molecule has 4 rings (SSSR count). The first kappa shape index (κ1) is 21.5. The van der Waals surface area contributed by atoms with E-state index in [0.717, 1.165) is 11.1 Å². The number of oxazole rings is 1. The van der Waals surface area contributed by atoms with Gasteiger partial charge in [0.2, 0.25) is 5.89 Å². The topological polar surface area (TPSA) is 76.4 Å². The third-order valence-corrected chi connectivity index (χ3v) is 5.22. The van der Waals surface area contributed by atoms with E-state index in [1.807, 2.05) is 49.4 Å². The van der Waals surface area contributed by atoms with Crippen molar-refractivity contribution in [3.05, 3.63) is 77.4 Å². The van der Waals surface area contributed by atoms with Gasteiger partial charge < -0.3 is 14.5 Å². The molecule has 0 fully saturated rings. The van der Waals surface area contributed by atoms with E-state index in [1.165, 1.54) is 11.1 Å². The van der Waals surface area contributed by atoms with Crippen LogP contribution < -0.4 is 15.4 Å². The first-order valence-corrected chi connectivity index (χ1v) is 10.6. The molecular weight excluding hydrogens is 422 g/mol. The molecule has 0 bridgehead atoms. The van der Waals surface area contributed by atoms with Crippen LogP contribution >= 0.6 is 12.2 Å². The number of benzene rings is 3. The summed E-state index contributed by atoms with van der Waals surface area (Å²) in [5, 5.41) is 5.80. The number of hydrogen-bond acceptors (Lipinski definition) is 5. The van der Waals surface area contributed by atoms with Gasteiger partial charge in [-0.3, -0.25) is 10.1 Å². The van der Waals surface area contributed by atoms with E-state index < -0.39 is 0 Å². The van der Waals surface area contributed by atoms with Crippen LogP contribution in [0.15, 0.2) is 65.1 Å². The number of amides is 1. The lowest BCUT2D eigenvalue weighted by molar-refractivity contribution is -0.121. The van der Waals surface area contributed by atoms with Gasteiger partial charge in [-0.15, -0.1) is 0 Å². The van der Waals surface area contributed by atoms with Gasteiger partial charge in [0.05, 0.1) is 0 Å². The first-order chi connectivity index (χ1) is 15.4. The molecule has 0 spiro atoms. The number of nitrogens with one attached hydrogen (secondary N) is 2. The SMILES string of the molecule is Cc1cccc(OCC(=O)NC(=S)Nc2ccc3oc(-c4ccc(C)c(C)c4)nc3c2)c1. The van der Waals surface area contributed by atoms with Crippen molar-refractivity contribution in [2.24, 2.45) is 0 Å². The van der Waals surface area contributed by atoms with Gasteiger partial charge in [0.1, 0.15) is 11.3 Å². The molecule has 1 amide bonds. The Balaban J connectivity index is 1.38. The van der Waals surface area contributed by atoms with Gasteiger partial charge in [-0.2, -0.15) is 0 Å². The second kappa shape index (κ2) is 9.20. The van der Waals surface area contributed by atoms with Crippen molar-refractivity contribution in [2.75, 3.05) is 11.9 Å². The summed E-state index contributed by atoms with van der Waals surface area (Å²) in [4.78, 5) is 16.7. The highest BCUT2D eigenvalue weighted by Gasteiger charge is 2.11. The maximum absolute atomic E-state index is 12.1. The van der Waals surface area contributed by atoms with E-state index in [9.17, 15) is 4.79 Å². The zero-order valence-corrected chi connectivity index (χ0v) is 18.9. The molecule has 0 saturated carbocycles. The standard InChI is InChI=1S/C25H23N3O3S/c1-15-5-4-6-20(11-15)30-14-23(29)28-25(32)26-19-9-10-22-21(13-19)27-24(31-22)18-8-7-16(2)17(3)12-18/h4-13H,14H2,1-3H3,(H2,26,28,29,32). The molecule has 0 unspecified atom stereocenters. The molecule has 1 heterocycles. The maximum Gasteiger partial charge on any atom is 0.264 e. The van der Waals surface area contributed by atoms with E-state index >= 15 is 0 Å². The minimum absolute atomic E-state index is 0.132. The van der Waals surface area contributed by atoms with E-state index in [4.69, 9.17) is 21.4 Å². The average Bonchev–Trinajstić information content (AvgIpc) is 3.17. The van der Waals surface area contributed by atoms with Crippen LogP contribution in [0.4, 0.5) is 5.69 Å². The summed E-state index contributed by atoms with van der Waals surface area (Å²) in [5.74, 6) is 0.850. The smallest absolute Gasteiger partial charge is 0.264 e. The molecule has 7 heteroatoms. The van der Waals surface area contributed by atoms with Crippen molar-refractivity contribution < 1.29 is 13.9 Å². The molecule has 1 aromatic heterocycles. The number of carbonyl (C=O) groups excluding carboxylic acids is 1. The van der Waals surface area contributed by atoms with Gasteiger partial charge in [-0.05, 0) is 92.1 Å². The van der Waals surface area contributed by atoms with Crippen LogP contribution in [0.3, 0.4) is 0 Å². The predicted octanol–water partition coefficient (Wildman–Crippen LogP) is 5.31. The van der Waals surface area contributed by atoms with Gasteiger partial charge in [-0.25, -0.2) is 4.98 Å². The van der Waals surface area contributed by atoms with Crippen molar-refractivity contribution in [1.82, 2.24) is 10.3 Å². The highest BCUT2D eigenvalue weighted by Crippen LogP contribution is 2.27. The number of fused-ring (bicyclic) bond motifs is 1. The van der Waals surface area contributed by atoms with E-state index in [1.54, 1.807) is 6.07 Å². The summed E-state index contributed by atoms with van der Waals surface area (Å²) in [6.07, 6.45) is 0. The van der Waals surface area contributed by atoms with Gasteiger partial charge in [0.15, 0.2) is 17.3 Å². The van der Waals surface area contributed by atoms with E-state index in [0.29, 0.717) is 28.4 Å². The van der Waals surface area contributed by atoms with Crippen molar-refractivity contribution >= 4 is 40.0 Å². The first-order valence-electron chi connectivity index (χ1n) is 10.2. The minimum atomic E-state index is -0.344. The van der Waals surface area contributed by atoms with Crippen LogP contribution in [-0.4, -0.2) is 22.6 Å². The monoisotopic (exact) mass is 445 g/mol. The molecule has 32 heavy (non-hydrogen) atoms. The lowest BCUT2D eigenvalue weighted by atomic mass is 10.1. The zero-order chi connectivity index (χ0) is 22.7. The van der Waals surface area contributed by atoms with E-state index in [2.05, 4.69) is 41.6 Å². The van der Waals surface area contributed by atoms with Crippen LogP contribution in [-0.2, 0) is 4.79 Å². The zero-order valence-electron chi connectivity index (χ0n) is 18.1. The number of nitrogens with zero attached hydrogens (tertiary/aromatic N) is 1. The number of aromatic nitrogens is 1. The summed E-state index contributed by atoms with van der Waals surface area (Å²) in [7, 11) is 0. The van der Waals surface area contributed by atoms with Crippen LogP contribution in [0.25, 0.3) is 22.6 Å². The molecule has 0 aliphatic rings. The summed E-state index contributed by atoms with van der Waals surface area (Å²) in [6.45, 7) is 5.96. The average molecular weight is 446 g/mol. The van der Waals surface area contributed by atoms with Crippen LogP contribution in [0.5, 0.6) is 5.75 Å². The maximum atomic E-state index is 12.1. The number of hydrogen-bond donors (Lipinski definition) is 2. The second-order valence-electron chi connectivity index (χ2n) is 7.61. The summed E-state index contributed by atoms with van der Waals surface area (Å²) in [6, 6.07) is 19.1. The molecule has 3 aromatic carbocycles. The van der Waals surface area contributed by atoms with Crippen molar-refractivity contribution in [3.8, 4) is 17.2 Å². The van der Waals surface area contributed by atoms with Crippen molar-refractivity contribution in [2.45, 2.75) is 20.8 Å². The number of rotatable bonds is 5. The molecule has 162 valence electrons. The molecule has 4 aromatic rings. The molecule has 0 atom stereocenters. The fourth-order valence-electron chi connectivity index (χ4n) is 3.18. The number of aryl methyl sites for hydroxylation is 3. The Hall–Kier alpha value is -3.71. The molecular formula is C25H23N3O3S. The lowest BCUT2D eigenvalue weighted by Gasteiger charge is -2.10. The molecule has 0 saturated heterocycles. The van der Waals surface area contributed by atoms with Gasteiger partial charge in [-0.1, -0.05) is 18.2 Å². The number of thiocarbonyl (C=S) groups is 1. The summed E-state index contributed by atoms with van der Waals surface area (Å²) in [5.41, 5.74) is 6.45. The minimum Gasteiger partial charge on any atom is -0.484 e. The fraction of sp³-hybridized carbons (Fsp3) is 0.160. The fourth-order valence-corrected chi connectivity index (χ4v) is 3.41. The Morgan fingerprint density at radius 2 is 1.88 bits per heavy atom. The van der Waals surface area contributed by atoms with Crippen LogP contribution in [0.2, 0.25) is 0 Å². The Morgan fingerprint density at radius 3 is 2.66 bits per heavy atom. The van der Waals surface area contributed by atoms with Crippen LogP contribution in [0, 0.1) is 20.8 Å². The van der Waals surface area contributed by atoms with Gasteiger partial charge >= 0.3 is 0 Å². The lowest BCUT2D eigenvalue weighted by Crippen LogP contribution is -2.37. The summed E-state index contributed by atoms with van der Waals surface area (Å²) < 4.78 is 11.4. The molecule has 0 radical (unpaired) electrons. The molecule has 6 nitrogen and oxygen atoms in total. The Morgan fingerprint density at radius 1 is 1.03 bits per heavy atom. The Labute approximate surface area is 191 Å². The number of anilines is 1. The second-order valence-corrected chi connectivity index (χ2v) is 8.02. The number of ether oxygens (including phenoxy) is 1. The third-order valence-electron chi connectivity index (χ3n) is 5.01. The highest BCUT2D eigenvalue weighted by atomic mass is 32.1. The Bertz CT molecular complexity index is 1310. The molecule has 0 aliphatic heterocycles. The quantitative estimate of drug-likeness (QED) is 0.405. The Kier molecular flexibility index (Phi) is 6.18. The van der Waals surface area contributed by atoms with Crippen molar-refractivity contribution in [3.63, 3.8) is 0 Å². The van der Waals surface area contributed by atoms with Gasteiger partial charge in [0.25, 0.3) is 5.91 Å². The van der Waals surface area contributed by atoms with Crippen LogP contribution in [0.1, 0.15) is 16.7 Å². The van der Waals surface area contributed by atoms with E-state index in [-0.39, 0.29) is 17.6 Å².